The molecule has 0 radical (unpaired) electrons. The van der Waals surface area contributed by atoms with Gasteiger partial charge in [0.2, 0.25) is 0 Å². The van der Waals surface area contributed by atoms with Gasteiger partial charge in [-0.05, 0) is 77.0 Å². The minimum Gasteiger partial charge on any atom is -2.00 e. The summed E-state index contributed by atoms with van der Waals surface area (Å²) in [5, 5.41) is 25.2. The number of quaternary nitrogens is 3. The first-order chi connectivity index (χ1) is 26.5. The molecule has 0 aliphatic carbocycles. The first-order valence-electron chi connectivity index (χ1n) is 25.0. The van der Waals surface area contributed by atoms with E-state index in [1.807, 2.05) is 0 Å². The van der Waals surface area contributed by atoms with E-state index in [-0.39, 0.29) is 5.48 Å². The number of unbranched alkanes of at least 4 members (excludes halogenated alkanes) is 12. The van der Waals surface area contributed by atoms with E-state index in [4.69, 9.17) is 15.1 Å². The highest BCUT2D eigenvalue weighted by molar-refractivity contribution is 6.24. The summed E-state index contributed by atoms with van der Waals surface area (Å²) in [5.74, 6) is 0. The van der Waals surface area contributed by atoms with Crippen LogP contribution in [-0.4, -0.2) is 99.3 Å². The molecule has 0 aromatic heterocycles. The predicted molar refractivity (Wildman–Crippen MR) is 245 cm³/mol. The van der Waals surface area contributed by atoms with Crippen LogP contribution in [0.2, 0.25) is 0 Å². The van der Waals surface area contributed by atoms with Crippen LogP contribution in [0.1, 0.15) is 237 Å². The Bertz CT molecular complexity index is 500. The van der Waals surface area contributed by atoms with Gasteiger partial charge in [-0.25, -0.2) is 0 Å². The Morgan fingerprint density at radius 1 is 0.232 bits per heavy atom. The van der Waals surface area contributed by atoms with Crippen molar-refractivity contribution in [1.29, 1.82) is 0 Å². The SMILES string of the molecule is CCCC[N+](CCCC)(CCCC)CCCC.CCCC[N+](CCCC)(CCCC)CCCC.CCCC[N+](CCCC)(CCCC)CCCC.[O-2].[O-]B([O-])[O-]. The first-order valence-corrected chi connectivity index (χ1v) is 25.0. The Labute approximate surface area is 356 Å². The molecule has 0 aromatic rings. The van der Waals surface area contributed by atoms with E-state index < -0.39 is 7.32 Å². The molecule has 0 N–H and O–H groups in total. The quantitative estimate of drug-likeness (QED) is 0.0466. The van der Waals surface area contributed by atoms with E-state index in [1.165, 1.54) is 246 Å². The molecule has 0 unspecified atom stereocenters. The fourth-order valence-corrected chi connectivity index (χ4v) is 7.93. The molecule has 0 aliphatic rings. The molecule has 56 heavy (non-hydrogen) atoms. The lowest BCUT2D eigenvalue weighted by Gasteiger charge is -2.39. The lowest BCUT2D eigenvalue weighted by atomic mass is 10.1. The van der Waals surface area contributed by atoms with Crippen molar-refractivity contribution in [1.82, 2.24) is 0 Å². The van der Waals surface area contributed by atoms with Gasteiger partial charge in [0.1, 0.15) is 0 Å². The standard InChI is InChI=1S/3C16H36N.BO3.O/c3*1-5-9-13-17(14-10-6-2,15-11-7-3)16-12-8-4;2-1(3)4;/h3*5-16H2,1-4H3;;/q3*+1;-3;-2. The van der Waals surface area contributed by atoms with Crippen LogP contribution in [0.5, 0.6) is 0 Å². The average Bonchev–Trinajstić information content (AvgIpc) is 3.19. The highest BCUT2D eigenvalue weighted by Gasteiger charge is 2.26. The lowest BCUT2D eigenvalue weighted by Crippen LogP contribution is -2.56. The van der Waals surface area contributed by atoms with Gasteiger partial charge >= 0.3 is 0 Å². The molecule has 0 atom stereocenters. The molecule has 0 bridgehead atoms. The Morgan fingerprint density at radius 3 is 0.357 bits per heavy atom. The largest absolute Gasteiger partial charge is 2.00 e. The fourth-order valence-electron chi connectivity index (χ4n) is 7.93. The zero-order valence-electron chi connectivity index (χ0n) is 41.0. The van der Waals surface area contributed by atoms with Crippen molar-refractivity contribution in [3.8, 4) is 0 Å². The lowest BCUT2D eigenvalue weighted by molar-refractivity contribution is -0.929. The number of rotatable bonds is 36. The van der Waals surface area contributed by atoms with Crippen LogP contribution >= 0.6 is 0 Å². The smallest absolute Gasteiger partial charge is 0.0786 e. The van der Waals surface area contributed by atoms with E-state index in [0.29, 0.717) is 0 Å². The maximum atomic E-state index is 8.42. The third-order valence-electron chi connectivity index (χ3n) is 11.8. The minimum absolute atomic E-state index is 0. The van der Waals surface area contributed by atoms with Crippen molar-refractivity contribution in [2.45, 2.75) is 237 Å². The summed E-state index contributed by atoms with van der Waals surface area (Å²) >= 11 is 0. The van der Waals surface area contributed by atoms with Gasteiger partial charge in [-0.2, -0.15) is 0 Å². The molecule has 0 aromatic carbocycles. The summed E-state index contributed by atoms with van der Waals surface area (Å²) in [4.78, 5) is 0. The Hall–Kier alpha value is -0.215. The van der Waals surface area contributed by atoms with Gasteiger partial charge in [-0.1, -0.05) is 160 Å². The molecule has 0 saturated heterocycles. The van der Waals surface area contributed by atoms with Crippen LogP contribution in [0.4, 0.5) is 0 Å². The summed E-state index contributed by atoms with van der Waals surface area (Å²) in [6.45, 7) is 45.1. The average molecular weight is 802 g/mol. The Balaban J connectivity index is -0.000000219. The van der Waals surface area contributed by atoms with Crippen LogP contribution in [-0.2, 0) is 5.48 Å². The van der Waals surface area contributed by atoms with Gasteiger partial charge in [0.05, 0.1) is 78.5 Å². The molecule has 0 rings (SSSR count). The molecular formula is C48H108BN3O4-2. The van der Waals surface area contributed by atoms with Crippen LogP contribution in [0.3, 0.4) is 0 Å². The Morgan fingerprint density at radius 2 is 0.304 bits per heavy atom. The van der Waals surface area contributed by atoms with Crippen LogP contribution in [0.25, 0.3) is 0 Å². The zero-order chi connectivity index (χ0) is 42.5. The van der Waals surface area contributed by atoms with Gasteiger partial charge in [-0.15, -0.1) is 0 Å². The normalized spacial score (nSPS) is 11.4. The third-order valence-corrected chi connectivity index (χ3v) is 11.8. The molecule has 8 heteroatoms. The second-order valence-corrected chi connectivity index (χ2v) is 17.2. The fraction of sp³-hybridized carbons (Fsp3) is 1.00. The molecule has 0 fully saturated rings. The van der Waals surface area contributed by atoms with E-state index >= 15 is 0 Å². The Kier molecular flexibility index (Phi) is 57.0. The van der Waals surface area contributed by atoms with Crippen molar-refractivity contribution in [2.24, 2.45) is 0 Å². The van der Waals surface area contributed by atoms with Gasteiger partial charge in [0.25, 0.3) is 0 Å². The molecule has 0 aliphatic heterocycles. The molecule has 7 nitrogen and oxygen atoms in total. The van der Waals surface area contributed by atoms with Gasteiger partial charge < -0.3 is 34.0 Å². The zero-order valence-corrected chi connectivity index (χ0v) is 41.0. The molecule has 0 spiro atoms. The van der Waals surface area contributed by atoms with Gasteiger partial charge in [0.15, 0.2) is 0 Å². The van der Waals surface area contributed by atoms with E-state index in [2.05, 4.69) is 83.1 Å². The summed E-state index contributed by atoms with van der Waals surface area (Å²) < 4.78 is 4.26. The highest BCUT2D eigenvalue weighted by atomic mass is 16.5. The van der Waals surface area contributed by atoms with Crippen molar-refractivity contribution in [2.75, 3.05) is 78.5 Å². The molecule has 0 saturated carbocycles. The van der Waals surface area contributed by atoms with Crippen molar-refractivity contribution >= 4 is 7.32 Å². The maximum Gasteiger partial charge on any atom is 0.0786 e. The highest BCUT2D eigenvalue weighted by Crippen LogP contribution is 2.19. The first kappa shape index (κ1) is 64.9. The predicted octanol–water partition coefficient (Wildman–Crippen LogP) is 10.9. The van der Waals surface area contributed by atoms with E-state index in [9.17, 15) is 0 Å². The number of nitrogens with zero attached hydrogens (tertiary/aromatic N) is 3. The second kappa shape index (κ2) is 49.1. The molecular weight excluding hydrogens is 693 g/mol. The van der Waals surface area contributed by atoms with Gasteiger partial charge in [0, 0.05) is 0 Å². The topological polar surface area (TPSA) is 97.7 Å². The van der Waals surface area contributed by atoms with Crippen molar-refractivity contribution in [3.05, 3.63) is 0 Å². The summed E-state index contributed by atoms with van der Waals surface area (Å²) in [5.41, 5.74) is 0. The molecule has 344 valence electrons. The second-order valence-electron chi connectivity index (χ2n) is 17.2. The van der Waals surface area contributed by atoms with Crippen molar-refractivity contribution in [3.63, 3.8) is 0 Å². The van der Waals surface area contributed by atoms with Crippen LogP contribution in [0, 0.1) is 0 Å². The monoisotopic (exact) mass is 802 g/mol. The minimum atomic E-state index is -2.92. The molecule has 0 heterocycles. The van der Waals surface area contributed by atoms with E-state index in [0.717, 1.165) is 0 Å². The number of hydrogen-bond donors (Lipinski definition) is 0. The molecule has 0 amide bonds. The van der Waals surface area contributed by atoms with Crippen LogP contribution < -0.4 is 15.1 Å². The summed E-state index contributed by atoms with van der Waals surface area (Å²) in [6.07, 6.45) is 33.2. The summed E-state index contributed by atoms with van der Waals surface area (Å²) in [6, 6.07) is 0. The summed E-state index contributed by atoms with van der Waals surface area (Å²) in [7, 11) is -2.92. The van der Waals surface area contributed by atoms with E-state index in [1.54, 1.807) is 0 Å². The third kappa shape index (κ3) is 41.9. The van der Waals surface area contributed by atoms with Crippen LogP contribution in [0.15, 0.2) is 0 Å². The maximum absolute atomic E-state index is 8.42. The number of hydrogen-bond acceptors (Lipinski definition) is 3. The van der Waals surface area contributed by atoms with Gasteiger partial charge in [-0.3, -0.25) is 7.32 Å². The van der Waals surface area contributed by atoms with Crippen molar-refractivity contribution < 1.29 is 34.0 Å².